The van der Waals surface area contributed by atoms with Crippen LogP contribution >= 0.6 is 0 Å². The average molecular weight is 282 g/mol. The highest BCUT2D eigenvalue weighted by Gasteiger charge is 2.15. The number of nitrogens with one attached hydrogen (secondary N) is 1. The van der Waals surface area contributed by atoms with Gasteiger partial charge >= 0.3 is 0 Å². The first-order chi connectivity index (χ1) is 10.3. The van der Waals surface area contributed by atoms with Crippen molar-refractivity contribution in [2.24, 2.45) is 0 Å². The predicted octanol–water partition coefficient (Wildman–Crippen LogP) is 3.62. The van der Waals surface area contributed by atoms with E-state index in [4.69, 9.17) is 0 Å². The van der Waals surface area contributed by atoms with Gasteiger partial charge in [0.1, 0.15) is 0 Å². The van der Waals surface area contributed by atoms with E-state index in [1.54, 1.807) is 0 Å². The van der Waals surface area contributed by atoms with E-state index >= 15 is 0 Å². The molecule has 110 valence electrons. The summed E-state index contributed by atoms with van der Waals surface area (Å²) in [5, 5.41) is 4.31. The van der Waals surface area contributed by atoms with Crippen LogP contribution in [-0.2, 0) is 11.2 Å². The lowest BCUT2D eigenvalue weighted by atomic mass is 9.95. The molecule has 1 aliphatic rings. The Bertz CT molecular complexity index is 617. The van der Waals surface area contributed by atoms with Gasteiger partial charge in [-0.2, -0.15) is 0 Å². The van der Waals surface area contributed by atoms with Crippen molar-refractivity contribution < 1.29 is 4.79 Å². The standard InChI is InChI=1S/C18H22N2O/c21-18(20-16-7-2-1-3-8-16)11-10-14-12-15-6-4-5-9-17(15)19-13-14/h4-6,9,12-13,16H,1-3,7-8,10-11H2,(H,20,21). The van der Waals surface area contributed by atoms with Crippen molar-refractivity contribution in [1.82, 2.24) is 10.3 Å². The zero-order valence-corrected chi connectivity index (χ0v) is 12.3. The fourth-order valence-corrected chi connectivity index (χ4v) is 3.06. The number of hydrogen-bond acceptors (Lipinski definition) is 2. The van der Waals surface area contributed by atoms with Crippen LogP contribution in [0.4, 0.5) is 0 Å². The molecule has 0 aliphatic heterocycles. The third-order valence-electron chi connectivity index (χ3n) is 4.26. The summed E-state index contributed by atoms with van der Waals surface area (Å²) in [6.45, 7) is 0. The number of hydrogen-bond donors (Lipinski definition) is 1. The molecule has 3 heteroatoms. The Balaban J connectivity index is 1.54. The summed E-state index contributed by atoms with van der Waals surface area (Å²) in [5.74, 6) is 0.176. The normalized spacial score (nSPS) is 16.0. The van der Waals surface area contributed by atoms with Gasteiger partial charge in [-0.3, -0.25) is 9.78 Å². The molecule has 1 aromatic heterocycles. The summed E-state index contributed by atoms with van der Waals surface area (Å²) >= 11 is 0. The molecule has 0 atom stereocenters. The average Bonchev–Trinajstić information content (AvgIpc) is 2.54. The second-order valence-corrected chi connectivity index (χ2v) is 5.94. The first-order valence-corrected chi connectivity index (χ1v) is 7.94. The van der Waals surface area contributed by atoms with Crippen LogP contribution < -0.4 is 5.32 Å². The number of carbonyl (C=O) groups is 1. The van der Waals surface area contributed by atoms with Gasteiger partial charge in [0, 0.05) is 24.0 Å². The second kappa shape index (κ2) is 6.70. The van der Waals surface area contributed by atoms with Crippen LogP contribution in [0.2, 0.25) is 0 Å². The van der Waals surface area contributed by atoms with Crippen molar-refractivity contribution in [3.05, 3.63) is 42.1 Å². The van der Waals surface area contributed by atoms with Crippen LogP contribution in [0.15, 0.2) is 36.5 Å². The highest BCUT2D eigenvalue weighted by molar-refractivity contribution is 5.79. The summed E-state index contributed by atoms with van der Waals surface area (Å²) in [7, 11) is 0. The zero-order valence-electron chi connectivity index (χ0n) is 12.3. The van der Waals surface area contributed by atoms with E-state index in [9.17, 15) is 4.79 Å². The van der Waals surface area contributed by atoms with Crippen molar-refractivity contribution in [3.63, 3.8) is 0 Å². The monoisotopic (exact) mass is 282 g/mol. The quantitative estimate of drug-likeness (QED) is 0.930. The Morgan fingerprint density at radius 2 is 2.00 bits per heavy atom. The predicted molar refractivity (Wildman–Crippen MR) is 85.1 cm³/mol. The lowest BCUT2D eigenvalue weighted by Gasteiger charge is -2.22. The van der Waals surface area contributed by atoms with Crippen molar-refractivity contribution in [2.75, 3.05) is 0 Å². The molecule has 21 heavy (non-hydrogen) atoms. The van der Waals surface area contributed by atoms with Crippen molar-refractivity contribution in [3.8, 4) is 0 Å². The molecule has 1 saturated carbocycles. The van der Waals surface area contributed by atoms with Crippen molar-refractivity contribution in [2.45, 2.75) is 51.0 Å². The van der Waals surface area contributed by atoms with Crippen LogP contribution in [-0.4, -0.2) is 16.9 Å². The van der Waals surface area contributed by atoms with E-state index in [-0.39, 0.29) is 5.91 Å². The summed E-state index contributed by atoms with van der Waals surface area (Å²) in [4.78, 5) is 16.5. The van der Waals surface area contributed by atoms with Gasteiger partial charge < -0.3 is 5.32 Å². The first kappa shape index (κ1) is 14.1. The Morgan fingerprint density at radius 1 is 1.19 bits per heavy atom. The van der Waals surface area contributed by atoms with E-state index in [1.165, 1.54) is 19.3 Å². The number of rotatable bonds is 4. The lowest BCUT2D eigenvalue weighted by molar-refractivity contribution is -0.121. The molecule has 0 unspecified atom stereocenters. The summed E-state index contributed by atoms with van der Waals surface area (Å²) in [6.07, 6.45) is 9.30. The molecular weight excluding hydrogens is 260 g/mol. The smallest absolute Gasteiger partial charge is 0.220 e. The van der Waals surface area contributed by atoms with E-state index in [2.05, 4.69) is 22.4 Å². The number of fused-ring (bicyclic) bond motifs is 1. The molecule has 0 saturated heterocycles. The number of pyridine rings is 1. The van der Waals surface area contributed by atoms with Gasteiger partial charge in [0.25, 0.3) is 0 Å². The minimum absolute atomic E-state index is 0.176. The molecular formula is C18H22N2O. The zero-order chi connectivity index (χ0) is 14.5. The Hall–Kier alpha value is -1.90. The molecule has 0 spiro atoms. The topological polar surface area (TPSA) is 42.0 Å². The Morgan fingerprint density at radius 3 is 2.86 bits per heavy atom. The van der Waals surface area contributed by atoms with Gasteiger partial charge in [-0.25, -0.2) is 0 Å². The number of nitrogens with zero attached hydrogens (tertiary/aromatic N) is 1. The number of amides is 1. The van der Waals surface area contributed by atoms with Crippen molar-refractivity contribution in [1.29, 1.82) is 0 Å². The maximum absolute atomic E-state index is 12.0. The first-order valence-electron chi connectivity index (χ1n) is 7.94. The van der Waals surface area contributed by atoms with Gasteiger partial charge in [-0.05, 0) is 37.0 Å². The molecule has 1 aliphatic carbocycles. The molecule has 0 bridgehead atoms. The highest BCUT2D eigenvalue weighted by Crippen LogP contribution is 2.18. The molecule has 3 nitrogen and oxygen atoms in total. The molecule has 1 fully saturated rings. The number of benzene rings is 1. The fraction of sp³-hybridized carbons (Fsp3) is 0.444. The van der Waals surface area contributed by atoms with E-state index < -0.39 is 0 Å². The Kier molecular flexibility index (Phi) is 4.49. The summed E-state index contributed by atoms with van der Waals surface area (Å²) in [5.41, 5.74) is 2.14. The van der Waals surface area contributed by atoms with Gasteiger partial charge in [0.05, 0.1) is 5.52 Å². The molecule has 1 heterocycles. The molecule has 1 aromatic carbocycles. The number of para-hydroxylation sites is 1. The third kappa shape index (κ3) is 3.81. The van der Waals surface area contributed by atoms with Gasteiger partial charge in [-0.1, -0.05) is 37.5 Å². The van der Waals surface area contributed by atoms with Gasteiger partial charge in [-0.15, -0.1) is 0 Å². The van der Waals surface area contributed by atoms with Gasteiger partial charge in [0.2, 0.25) is 5.91 Å². The molecule has 0 radical (unpaired) electrons. The van der Waals surface area contributed by atoms with E-state index in [1.807, 2.05) is 24.4 Å². The molecule has 3 rings (SSSR count). The molecule has 1 N–H and O–H groups in total. The van der Waals surface area contributed by atoms with Crippen LogP contribution in [0.5, 0.6) is 0 Å². The third-order valence-corrected chi connectivity index (χ3v) is 4.26. The van der Waals surface area contributed by atoms with Crippen LogP contribution in [0, 0.1) is 0 Å². The van der Waals surface area contributed by atoms with E-state index in [0.717, 1.165) is 35.7 Å². The lowest BCUT2D eigenvalue weighted by Crippen LogP contribution is -2.36. The number of carbonyl (C=O) groups excluding carboxylic acids is 1. The van der Waals surface area contributed by atoms with Crippen LogP contribution in [0.1, 0.15) is 44.1 Å². The van der Waals surface area contributed by atoms with E-state index in [0.29, 0.717) is 12.5 Å². The largest absolute Gasteiger partial charge is 0.353 e. The SMILES string of the molecule is O=C(CCc1cnc2ccccc2c1)NC1CCCCC1. The summed E-state index contributed by atoms with van der Waals surface area (Å²) < 4.78 is 0. The number of aryl methyl sites for hydroxylation is 1. The maximum Gasteiger partial charge on any atom is 0.220 e. The minimum atomic E-state index is 0.176. The summed E-state index contributed by atoms with van der Waals surface area (Å²) in [6, 6.07) is 10.6. The minimum Gasteiger partial charge on any atom is -0.353 e. The second-order valence-electron chi connectivity index (χ2n) is 5.94. The molecule has 1 amide bonds. The highest BCUT2D eigenvalue weighted by atomic mass is 16.1. The number of aromatic nitrogens is 1. The van der Waals surface area contributed by atoms with Crippen LogP contribution in [0.3, 0.4) is 0 Å². The van der Waals surface area contributed by atoms with Crippen molar-refractivity contribution >= 4 is 16.8 Å². The fourth-order valence-electron chi connectivity index (χ4n) is 3.06. The Labute approximate surface area is 125 Å². The van der Waals surface area contributed by atoms with Gasteiger partial charge in [0.15, 0.2) is 0 Å². The molecule has 2 aromatic rings. The van der Waals surface area contributed by atoms with Crippen LogP contribution in [0.25, 0.3) is 10.9 Å². The maximum atomic E-state index is 12.0.